The highest BCUT2D eigenvalue weighted by Crippen LogP contribution is 2.18. The Morgan fingerprint density at radius 3 is 2.67 bits per heavy atom. The van der Waals surface area contributed by atoms with Crippen molar-refractivity contribution in [1.82, 2.24) is 5.48 Å². The number of rotatable bonds is 6. The topological polar surface area (TPSA) is 90.5 Å². The van der Waals surface area contributed by atoms with Crippen LogP contribution >= 0.6 is 0 Å². The number of nitrogens with one attached hydrogen (secondary N) is 3. The van der Waals surface area contributed by atoms with Crippen LogP contribution in [0.25, 0.3) is 6.08 Å². The van der Waals surface area contributed by atoms with Gasteiger partial charge in [-0.3, -0.25) is 14.8 Å². The Balaban J connectivity index is 2.08. The molecule has 124 valence electrons. The zero-order chi connectivity index (χ0) is 17.4. The normalized spacial score (nSPS) is 10.4. The second kappa shape index (κ2) is 8.50. The van der Waals surface area contributed by atoms with Gasteiger partial charge in [-0.1, -0.05) is 30.3 Å². The van der Waals surface area contributed by atoms with Gasteiger partial charge in [0.15, 0.2) is 0 Å². The summed E-state index contributed by atoms with van der Waals surface area (Å²) in [5, 5.41) is 14.6. The SMILES string of the molecule is CC(=O)Nc1cccc(CNc2ccccc2/C=C/C(=O)NO)c1. The molecule has 24 heavy (non-hydrogen) atoms. The van der Waals surface area contributed by atoms with Crippen LogP contribution in [0.1, 0.15) is 18.1 Å². The average molecular weight is 325 g/mol. The van der Waals surface area contributed by atoms with Crippen LogP contribution in [0.2, 0.25) is 0 Å². The highest BCUT2D eigenvalue weighted by molar-refractivity contribution is 5.91. The summed E-state index contributed by atoms with van der Waals surface area (Å²) in [6.45, 7) is 2.03. The Kier molecular flexibility index (Phi) is 6.10. The second-order valence-corrected chi connectivity index (χ2v) is 5.13. The fourth-order valence-corrected chi connectivity index (χ4v) is 2.17. The zero-order valence-corrected chi connectivity index (χ0v) is 13.2. The van der Waals surface area contributed by atoms with Crippen molar-refractivity contribution >= 4 is 29.3 Å². The lowest BCUT2D eigenvalue weighted by Gasteiger charge is -2.11. The van der Waals surface area contributed by atoms with Crippen LogP contribution in [-0.2, 0) is 16.1 Å². The standard InChI is InChI=1S/C18H19N3O3/c1-13(22)20-16-7-4-5-14(11-16)12-19-17-8-3-2-6-15(17)9-10-18(23)21-24/h2-11,19,24H,12H2,1H3,(H,20,22)(H,21,23)/b10-9+. The maximum absolute atomic E-state index is 11.1. The van der Waals surface area contributed by atoms with Gasteiger partial charge in [-0.05, 0) is 35.4 Å². The number of carbonyl (C=O) groups is 2. The number of para-hydroxylation sites is 1. The molecule has 0 saturated carbocycles. The van der Waals surface area contributed by atoms with Crippen LogP contribution in [0.3, 0.4) is 0 Å². The van der Waals surface area contributed by atoms with Crippen molar-refractivity contribution in [1.29, 1.82) is 0 Å². The molecule has 0 aliphatic carbocycles. The monoisotopic (exact) mass is 325 g/mol. The summed E-state index contributed by atoms with van der Waals surface area (Å²) < 4.78 is 0. The molecule has 0 aliphatic heterocycles. The first-order valence-corrected chi connectivity index (χ1v) is 7.40. The summed E-state index contributed by atoms with van der Waals surface area (Å²) in [6, 6.07) is 15.1. The fourth-order valence-electron chi connectivity index (χ4n) is 2.17. The van der Waals surface area contributed by atoms with E-state index >= 15 is 0 Å². The molecular formula is C18H19N3O3. The van der Waals surface area contributed by atoms with E-state index in [2.05, 4.69) is 10.6 Å². The van der Waals surface area contributed by atoms with Crippen LogP contribution in [0, 0.1) is 0 Å². The number of amides is 2. The third-order valence-electron chi connectivity index (χ3n) is 3.22. The molecule has 2 aromatic rings. The lowest BCUT2D eigenvalue weighted by molar-refractivity contribution is -0.124. The zero-order valence-electron chi connectivity index (χ0n) is 13.2. The van der Waals surface area contributed by atoms with E-state index in [9.17, 15) is 9.59 Å². The van der Waals surface area contributed by atoms with Crippen molar-refractivity contribution in [2.24, 2.45) is 0 Å². The molecular weight excluding hydrogens is 306 g/mol. The Hall–Kier alpha value is -3.12. The Morgan fingerprint density at radius 1 is 1.12 bits per heavy atom. The van der Waals surface area contributed by atoms with Gasteiger partial charge >= 0.3 is 0 Å². The summed E-state index contributed by atoms with van der Waals surface area (Å²) >= 11 is 0. The molecule has 0 spiro atoms. The molecule has 0 aromatic heterocycles. The minimum atomic E-state index is -0.590. The van der Waals surface area contributed by atoms with E-state index in [0.717, 1.165) is 22.5 Å². The quantitative estimate of drug-likeness (QED) is 0.373. The largest absolute Gasteiger partial charge is 0.380 e. The first kappa shape index (κ1) is 17.2. The van der Waals surface area contributed by atoms with E-state index in [-0.39, 0.29) is 5.91 Å². The van der Waals surface area contributed by atoms with E-state index in [4.69, 9.17) is 5.21 Å². The molecule has 2 amide bonds. The molecule has 6 nitrogen and oxygen atoms in total. The molecule has 2 aromatic carbocycles. The minimum Gasteiger partial charge on any atom is -0.380 e. The van der Waals surface area contributed by atoms with Crippen molar-refractivity contribution in [3.63, 3.8) is 0 Å². The van der Waals surface area contributed by atoms with Crippen molar-refractivity contribution in [3.05, 3.63) is 65.7 Å². The summed E-state index contributed by atoms with van der Waals surface area (Å²) in [4.78, 5) is 22.2. The van der Waals surface area contributed by atoms with Gasteiger partial charge in [-0.25, -0.2) is 5.48 Å². The van der Waals surface area contributed by atoms with Gasteiger partial charge in [0.25, 0.3) is 5.91 Å². The lowest BCUT2D eigenvalue weighted by Crippen LogP contribution is -2.14. The first-order valence-electron chi connectivity index (χ1n) is 7.40. The van der Waals surface area contributed by atoms with E-state index < -0.39 is 5.91 Å². The summed E-state index contributed by atoms with van der Waals surface area (Å²) in [6.07, 6.45) is 2.86. The van der Waals surface area contributed by atoms with Crippen LogP contribution in [0.5, 0.6) is 0 Å². The minimum absolute atomic E-state index is 0.113. The summed E-state index contributed by atoms with van der Waals surface area (Å²) in [5.41, 5.74) is 4.98. The molecule has 0 heterocycles. The number of anilines is 2. The van der Waals surface area contributed by atoms with Gasteiger partial charge in [-0.15, -0.1) is 0 Å². The second-order valence-electron chi connectivity index (χ2n) is 5.13. The maximum Gasteiger partial charge on any atom is 0.267 e. The van der Waals surface area contributed by atoms with Crippen LogP contribution in [-0.4, -0.2) is 17.0 Å². The van der Waals surface area contributed by atoms with Crippen LogP contribution in [0.15, 0.2) is 54.6 Å². The Labute approximate surface area is 140 Å². The smallest absolute Gasteiger partial charge is 0.267 e. The van der Waals surface area contributed by atoms with Gasteiger partial charge in [0.1, 0.15) is 0 Å². The van der Waals surface area contributed by atoms with Gasteiger partial charge in [-0.2, -0.15) is 0 Å². The van der Waals surface area contributed by atoms with Crippen molar-refractivity contribution in [3.8, 4) is 0 Å². The summed E-state index contributed by atoms with van der Waals surface area (Å²) in [5.74, 6) is -0.703. The Morgan fingerprint density at radius 2 is 1.92 bits per heavy atom. The molecule has 0 unspecified atom stereocenters. The van der Waals surface area contributed by atoms with Crippen molar-refractivity contribution in [2.45, 2.75) is 13.5 Å². The molecule has 0 fully saturated rings. The molecule has 6 heteroatoms. The van der Waals surface area contributed by atoms with Crippen molar-refractivity contribution < 1.29 is 14.8 Å². The molecule has 0 aliphatic rings. The average Bonchev–Trinajstić information content (AvgIpc) is 2.58. The molecule has 4 N–H and O–H groups in total. The predicted octanol–water partition coefficient (Wildman–Crippen LogP) is 2.78. The highest BCUT2D eigenvalue weighted by Gasteiger charge is 2.01. The first-order chi connectivity index (χ1) is 11.6. The van der Waals surface area contributed by atoms with Crippen molar-refractivity contribution in [2.75, 3.05) is 10.6 Å². The van der Waals surface area contributed by atoms with Gasteiger partial charge in [0.2, 0.25) is 5.91 Å². The number of benzene rings is 2. The molecule has 0 atom stereocenters. The van der Waals surface area contributed by atoms with Crippen LogP contribution < -0.4 is 16.1 Å². The number of hydrogen-bond acceptors (Lipinski definition) is 4. The maximum atomic E-state index is 11.1. The predicted molar refractivity (Wildman–Crippen MR) is 93.5 cm³/mol. The van der Waals surface area contributed by atoms with Gasteiger partial charge < -0.3 is 10.6 Å². The van der Waals surface area contributed by atoms with Crippen LogP contribution in [0.4, 0.5) is 11.4 Å². The van der Waals surface area contributed by atoms with E-state index in [0.29, 0.717) is 6.54 Å². The third kappa shape index (κ3) is 5.26. The van der Waals surface area contributed by atoms with E-state index in [1.54, 1.807) is 11.6 Å². The Bertz CT molecular complexity index is 757. The highest BCUT2D eigenvalue weighted by atomic mass is 16.5. The van der Waals surface area contributed by atoms with E-state index in [1.807, 2.05) is 48.5 Å². The lowest BCUT2D eigenvalue weighted by atomic mass is 10.1. The number of hydroxylamine groups is 1. The number of hydrogen-bond donors (Lipinski definition) is 4. The number of carbonyl (C=O) groups excluding carboxylic acids is 2. The fraction of sp³-hybridized carbons (Fsp3) is 0.111. The summed E-state index contributed by atoms with van der Waals surface area (Å²) in [7, 11) is 0. The van der Waals surface area contributed by atoms with E-state index in [1.165, 1.54) is 13.0 Å². The third-order valence-corrected chi connectivity index (χ3v) is 3.22. The molecule has 0 radical (unpaired) electrons. The molecule has 2 rings (SSSR count). The van der Waals surface area contributed by atoms with Gasteiger partial charge in [0.05, 0.1) is 0 Å². The molecule has 0 saturated heterocycles. The van der Waals surface area contributed by atoms with Gasteiger partial charge in [0, 0.05) is 30.9 Å². The molecule has 0 bridgehead atoms.